The van der Waals surface area contributed by atoms with E-state index >= 15 is 0 Å². The molecular formula is C12H19NO3. The zero-order valence-electron chi connectivity index (χ0n) is 10.1. The molecule has 0 atom stereocenters. The van der Waals surface area contributed by atoms with E-state index in [1.54, 1.807) is 0 Å². The summed E-state index contributed by atoms with van der Waals surface area (Å²) in [6.07, 6.45) is 3.26. The van der Waals surface area contributed by atoms with Crippen molar-refractivity contribution in [3.63, 3.8) is 0 Å². The number of carbonyl (C=O) groups is 1. The summed E-state index contributed by atoms with van der Waals surface area (Å²) in [6.45, 7) is 6.06. The van der Waals surface area contributed by atoms with Crippen LogP contribution in [0.3, 0.4) is 0 Å². The summed E-state index contributed by atoms with van der Waals surface area (Å²) < 4.78 is 5.15. The molecule has 0 bridgehead atoms. The Bertz CT molecular complexity index is 353. The highest BCUT2D eigenvalue weighted by Gasteiger charge is 2.25. The minimum absolute atomic E-state index is 0.181. The standard InChI is InChI=1S/C12H19NO3/c1-4-7-9-10(12(14)15)11(13-16-9)8(5-2)6-3/h8H,4-7H2,1-3H3,(H,14,15). The van der Waals surface area contributed by atoms with Crippen LogP contribution in [-0.2, 0) is 6.42 Å². The molecule has 1 heterocycles. The number of aryl methyl sites for hydroxylation is 1. The van der Waals surface area contributed by atoms with Gasteiger partial charge in [0.05, 0.1) is 0 Å². The molecule has 0 saturated carbocycles. The van der Waals surface area contributed by atoms with Gasteiger partial charge in [0, 0.05) is 12.3 Å². The van der Waals surface area contributed by atoms with E-state index in [2.05, 4.69) is 5.16 Å². The molecule has 0 aliphatic carbocycles. The molecule has 1 aromatic heterocycles. The minimum Gasteiger partial charge on any atom is -0.477 e. The van der Waals surface area contributed by atoms with Crippen LogP contribution in [0.25, 0.3) is 0 Å². The molecule has 90 valence electrons. The third kappa shape index (κ3) is 2.43. The Labute approximate surface area is 95.6 Å². The largest absolute Gasteiger partial charge is 0.477 e. The lowest BCUT2D eigenvalue weighted by Gasteiger charge is -2.08. The third-order valence-electron chi connectivity index (χ3n) is 2.85. The third-order valence-corrected chi connectivity index (χ3v) is 2.85. The van der Waals surface area contributed by atoms with Crippen LogP contribution in [-0.4, -0.2) is 16.2 Å². The number of hydrogen-bond acceptors (Lipinski definition) is 3. The van der Waals surface area contributed by atoms with E-state index in [9.17, 15) is 9.90 Å². The number of nitrogens with zero attached hydrogens (tertiary/aromatic N) is 1. The number of aromatic nitrogens is 1. The Morgan fingerprint density at radius 2 is 2.00 bits per heavy atom. The number of hydrogen-bond donors (Lipinski definition) is 1. The molecule has 1 rings (SSSR count). The lowest BCUT2D eigenvalue weighted by atomic mass is 9.95. The fourth-order valence-corrected chi connectivity index (χ4v) is 1.92. The van der Waals surface area contributed by atoms with E-state index in [0.717, 1.165) is 19.3 Å². The highest BCUT2D eigenvalue weighted by Crippen LogP contribution is 2.28. The van der Waals surface area contributed by atoms with Gasteiger partial charge in [0.15, 0.2) is 5.76 Å². The van der Waals surface area contributed by atoms with Crippen LogP contribution in [0.2, 0.25) is 0 Å². The first kappa shape index (κ1) is 12.7. The second-order valence-electron chi connectivity index (χ2n) is 3.93. The molecule has 0 saturated heterocycles. The zero-order chi connectivity index (χ0) is 12.1. The molecule has 0 aromatic carbocycles. The van der Waals surface area contributed by atoms with Gasteiger partial charge in [0.25, 0.3) is 0 Å². The first-order chi connectivity index (χ1) is 7.65. The van der Waals surface area contributed by atoms with Crippen molar-refractivity contribution in [2.24, 2.45) is 0 Å². The zero-order valence-corrected chi connectivity index (χ0v) is 10.1. The minimum atomic E-state index is -0.924. The van der Waals surface area contributed by atoms with Gasteiger partial charge in [-0.2, -0.15) is 0 Å². The van der Waals surface area contributed by atoms with E-state index in [4.69, 9.17) is 4.52 Å². The van der Waals surface area contributed by atoms with E-state index in [0.29, 0.717) is 17.9 Å². The Morgan fingerprint density at radius 3 is 2.44 bits per heavy atom. The average Bonchev–Trinajstić information content (AvgIpc) is 2.64. The SMILES string of the molecule is CCCc1onc(C(CC)CC)c1C(=O)O. The maximum atomic E-state index is 11.2. The smallest absolute Gasteiger partial charge is 0.341 e. The Morgan fingerprint density at radius 1 is 1.38 bits per heavy atom. The quantitative estimate of drug-likeness (QED) is 0.807. The molecule has 16 heavy (non-hydrogen) atoms. The molecule has 4 heteroatoms. The molecule has 1 aromatic rings. The fourth-order valence-electron chi connectivity index (χ4n) is 1.92. The van der Waals surface area contributed by atoms with Gasteiger partial charge in [-0.1, -0.05) is 25.9 Å². The van der Waals surface area contributed by atoms with Crippen molar-refractivity contribution in [1.29, 1.82) is 0 Å². The van der Waals surface area contributed by atoms with Crippen LogP contribution in [0.4, 0.5) is 0 Å². The van der Waals surface area contributed by atoms with Crippen molar-refractivity contribution in [2.45, 2.75) is 52.4 Å². The van der Waals surface area contributed by atoms with Crippen molar-refractivity contribution in [2.75, 3.05) is 0 Å². The summed E-state index contributed by atoms with van der Waals surface area (Å²) >= 11 is 0. The normalized spacial score (nSPS) is 11.0. The average molecular weight is 225 g/mol. The topological polar surface area (TPSA) is 63.3 Å². The van der Waals surface area contributed by atoms with Crippen LogP contribution in [0.5, 0.6) is 0 Å². The molecular weight excluding hydrogens is 206 g/mol. The molecule has 0 aliphatic rings. The summed E-state index contributed by atoms with van der Waals surface area (Å²) in [5.41, 5.74) is 0.900. The van der Waals surface area contributed by atoms with Gasteiger partial charge in [-0.05, 0) is 19.3 Å². The van der Waals surface area contributed by atoms with Gasteiger partial charge in [-0.25, -0.2) is 4.79 Å². The molecule has 0 unspecified atom stereocenters. The first-order valence-electron chi connectivity index (χ1n) is 5.87. The second kappa shape index (κ2) is 5.68. The molecule has 1 N–H and O–H groups in total. The fraction of sp³-hybridized carbons (Fsp3) is 0.667. The maximum absolute atomic E-state index is 11.2. The van der Waals surface area contributed by atoms with Crippen molar-refractivity contribution in [3.8, 4) is 0 Å². The molecule has 4 nitrogen and oxygen atoms in total. The predicted molar refractivity (Wildman–Crippen MR) is 60.8 cm³/mol. The number of carboxylic acids is 1. The molecule has 0 spiro atoms. The summed E-state index contributed by atoms with van der Waals surface area (Å²) in [6, 6.07) is 0. The van der Waals surface area contributed by atoms with Crippen LogP contribution >= 0.6 is 0 Å². The first-order valence-corrected chi connectivity index (χ1v) is 5.87. The number of carboxylic acid groups (broad SMARTS) is 1. The summed E-state index contributed by atoms with van der Waals surface area (Å²) in [7, 11) is 0. The lowest BCUT2D eigenvalue weighted by molar-refractivity contribution is 0.0693. The highest BCUT2D eigenvalue weighted by molar-refractivity contribution is 5.90. The highest BCUT2D eigenvalue weighted by atomic mass is 16.5. The molecule has 0 fully saturated rings. The number of aromatic carboxylic acids is 1. The van der Waals surface area contributed by atoms with Gasteiger partial charge in [0.2, 0.25) is 0 Å². The van der Waals surface area contributed by atoms with Gasteiger partial charge in [-0.15, -0.1) is 0 Å². The van der Waals surface area contributed by atoms with Crippen LogP contribution in [0.1, 0.15) is 67.8 Å². The van der Waals surface area contributed by atoms with Crippen molar-refractivity contribution < 1.29 is 14.4 Å². The molecule has 0 radical (unpaired) electrons. The van der Waals surface area contributed by atoms with Gasteiger partial charge < -0.3 is 9.63 Å². The van der Waals surface area contributed by atoms with E-state index in [1.165, 1.54) is 0 Å². The molecule has 0 amide bonds. The van der Waals surface area contributed by atoms with Gasteiger partial charge in [-0.3, -0.25) is 0 Å². The Kier molecular flexibility index (Phi) is 4.52. The monoisotopic (exact) mass is 225 g/mol. The summed E-state index contributed by atoms with van der Waals surface area (Å²) in [4.78, 5) is 11.2. The second-order valence-corrected chi connectivity index (χ2v) is 3.93. The summed E-state index contributed by atoms with van der Waals surface area (Å²) in [5, 5.41) is 13.1. The van der Waals surface area contributed by atoms with Crippen molar-refractivity contribution >= 4 is 5.97 Å². The van der Waals surface area contributed by atoms with Crippen molar-refractivity contribution in [3.05, 3.63) is 17.0 Å². The molecule has 0 aliphatic heterocycles. The van der Waals surface area contributed by atoms with Crippen LogP contribution < -0.4 is 0 Å². The van der Waals surface area contributed by atoms with Crippen LogP contribution in [0.15, 0.2) is 4.52 Å². The lowest BCUT2D eigenvalue weighted by Crippen LogP contribution is -2.07. The number of rotatable bonds is 6. The van der Waals surface area contributed by atoms with E-state index < -0.39 is 5.97 Å². The Hall–Kier alpha value is -1.32. The predicted octanol–water partition coefficient (Wildman–Crippen LogP) is 3.23. The van der Waals surface area contributed by atoms with E-state index in [-0.39, 0.29) is 11.5 Å². The van der Waals surface area contributed by atoms with Gasteiger partial charge in [0.1, 0.15) is 11.3 Å². The van der Waals surface area contributed by atoms with E-state index in [1.807, 2.05) is 20.8 Å². The maximum Gasteiger partial charge on any atom is 0.341 e. The van der Waals surface area contributed by atoms with Crippen LogP contribution in [0, 0.1) is 0 Å². The summed E-state index contributed by atoms with van der Waals surface area (Å²) in [5.74, 6) is -0.232. The Balaban J connectivity index is 3.13. The van der Waals surface area contributed by atoms with Crippen molar-refractivity contribution in [1.82, 2.24) is 5.16 Å². The van der Waals surface area contributed by atoms with Gasteiger partial charge >= 0.3 is 5.97 Å².